The van der Waals surface area contributed by atoms with Gasteiger partial charge in [-0.05, 0) is 42.1 Å². The minimum absolute atomic E-state index is 0.0114. The van der Waals surface area contributed by atoms with Crippen LogP contribution in [-0.4, -0.2) is 34.5 Å². The number of ketones is 2. The van der Waals surface area contributed by atoms with Gasteiger partial charge in [0, 0.05) is 16.7 Å². The first-order chi connectivity index (χ1) is 11.1. The Morgan fingerprint density at radius 3 is 2.58 bits per heavy atom. The van der Waals surface area contributed by atoms with E-state index in [1.807, 2.05) is 6.92 Å². The average Bonchev–Trinajstić information content (AvgIpc) is 3.05. The molecular weight excluding hydrogens is 304 g/mol. The summed E-state index contributed by atoms with van der Waals surface area (Å²) < 4.78 is 6.00. The fraction of sp³-hybridized carbons (Fsp3) is 0.800. The van der Waals surface area contributed by atoms with Crippen LogP contribution in [-0.2, 0) is 14.3 Å². The van der Waals surface area contributed by atoms with Crippen LogP contribution in [0.25, 0.3) is 0 Å². The molecule has 0 radical (unpaired) electrons. The van der Waals surface area contributed by atoms with Gasteiger partial charge >= 0.3 is 0 Å². The maximum atomic E-state index is 13.3. The molecule has 0 aromatic heterocycles. The number of aliphatic hydroxyl groups is 1. The molecule has 24 heavy (non-hydrogen) atoms. The van der Waals surface area contributed by atoms with E-state index < -0.39 is 28.6 Å². The van der Waals surface area contributed by atoms with Crippen molar-refractivity contribution < 1.29 is 19.4 Å². The van der Waals surface area contributed by atoms with Crippen LogP contribution in [0.5, 0.6) is 0 Å². The van der Waals surface area contributed by atoms with Crippen molar-refractivity contribution in [2.24, 2.45) is 34.0 Å². The van der Waals surface area contributed by atoms with Crippen molar-refractivity contribution in [3.05, 3.63) is 12.2 Å². The molecular formula is C20H26O4. The van der Waals surface area contributed by atoms with Gasteiger partial charge in [-0.15, -0.1) is 0 Å². The van der Waals surface area contributed by atoms with Gasteiger partial charge < -0.3 is 9.84 Å². The van der Waals surface area contributed by atoms with Crippen LogP contribution in [0.15, 0.2) is 12.2 Å². The summed E-state index contributed by atoms with van der Waals surface area (Å²) in [4.78, 5) is 25.8. The Bertz CT molecular complexity index is 725. The van der Waals surface area contributed by atoms with Crippen molar-refractivity contribution in [1.29, 1.82) is 0 Å². The second kappa shape index (κ2) is 3.73. The highest BCUT2D eigenvalue weighted by Crippen LogP contribution is 2.86. The van der Waals surface area contributed by atoms with Crippen LogP contribution < -0.4 is 0 Å². The Hall–Kier alpha value is -1.00. The molecule has 1 aliphatic heterocycles. The van der Waals surface area contributed by atoms with Crippen molar-refractivity contribution in [2.75, 3.05) is 0 Å². The number of hydrogen-bond acceptors (Lipinski definition) is 4. The van der Waals surface area contributed by atoms with Gasteiger partial charge in [-0.3, -0.25) is 9.59 Å². The van der Waals surface area contributed by atoms with Crippen LogP contribution in [0.1, 0.15) is 47.0 Å². The standard InChI is InChI=1S/C20H26O4/c1-9(2)11-6-7-19-8-12-10(3)13(21)16-20(12,24-16)18(19,5)15(23)14(22)17(11,19)4/h9,11-12,15-16,23H,3,6-8H2,1-2,4-5H3/t11-,12-,15-,16-,17+,18+,19-,20+/m1/s1. The normalized spacial score (nSPS) is 60.5. The summed E-state index contributed by atoms with van der Waals surface area (Å²) in [5.41, 5.74) is -1.52. The molecule has 8 atom stereocenters. The number of rotatable bonds is 1. The fourth-order valence-electron chi connectivity index (χ4n) is 8.10. The number of Topliss-reactive ketones (excluding diaryl/α,β-unsaturated/α-hetero) is 2. The molecule has 5 rings (SSSR count). The Morgan fingerprint density at radius 2 is 1.96 bits per heavy atom. The van der Waals surface area contributed by atoms with Gasteiger partial charge in [0.05, 0.1) is 0 Å². The summed E-state index contributed by atoms with van der Waals surface area (Å²) in [6.45, 7) is 12.5. The molecule has 0 unspecified atom stereocenters. The summed E-state index contributed by atoms with van der Waals surface area (Å²) >= 11 is 0. The second-order valence-electron chi connectivity index (χ2n) is 9.58. The van der Waals surface area contributed by atoms with E-state index in [4.69, 9.17) is 4.74 Å². The molecule has 1 saturated heterocycles. The summed E-state index contributed by atoms with van der Waals surface area (Å²) in [6, 6.07) is 0. The number of epoxide rings is 1. The lowest BCUT2D eigenvalue weighted by Gasteiger charge is -2.46. The van der Waals surface area contributed by atoms with E-state index in [0.717, 1.165) is 19.3 Å². The highest BCUT2D eigenvalue weighted by Gasteiger charge is 2.94. The molecule has 5 fully saturated rings. The van der Waals surface area contributed by atoms with E-state index >= 15 is 0 Å². The second-order valence-corrected chi connectivity index (χ2v) is 9.58. The SMILES string of the molecule is C=C1C(=O)[C@H]2O[C@@]23[C@@H]1C[C@]12CC[C@H](C(C)C)[C@@]1(C)C(=O)[C@@H](O)[C@]32C. The minimum Gasteiger partial charge on any atom is -0.385 e. The Kier molecular flexibility index (Phi) is 2.37. The molecule has 4 aliphatic carbocycles. The molecule has 5 aliphatic rings. The smallest absolute Gasteiger partial charge is 0.190 e. The van der Waals surface area contributed by atoms with Gasteiger partial charge in [0.2, 0.25) is 0 Å². The zero-order valence-electron chi connectivity index (χ0n) is 14.9. The quantitative estimate of drug-likeness (QED) is 0.592. The molecule has 0 aromatic rings. The molecule has 0 amide bonds. The van der Waals surface area contributed by atoms with Gasteiger partial charge in [-0.1, -0.05) is 34.3 Å². The first-order valence-electron chi connectivity index (χ1n) is 9.24. The largest absolute Gasteiger partial charge is 0.385 e. The Balaban J connectivity index is 1.76. The van der Waals surface area contributed by atoms with E-state index in [1.165, 1.54) is 0 Å². The number of hydrogen-bond donors (Lipinski definition) is 1. The molecule has 1 heterocycles. The lowest BCUT2D eigenvalue weighted by Crippen LogP contribution is -2.49. The summed E-state index contributed by atoms with van der Waals surface area (Å²) in [5.74, 6) is 0.605. The van der Waals surface area contributed by atoms with Crippen LogP contribution >= 0.6 is 0 Å². The third-order valence-corrected chi connectivity index (χ3v) is 9.23. The van der Waals surface area contributed by atoms with E-state index in [-0.39, 0.29) is 28.8 Å². The Morgan fingerprint density at radius 1 is 1.29 bits per heavy atom. The zero-order valence-corrected chi connectivity index (χ0v) is 14.9. The highest BCUT2D eigenvalue weighted by atomic mass is 16.6. The molecule has 2 spiro atoms. The van der Waals surface area contributed by atoms with Crippen molar-refractivity contribution in [3.8, 4) is 0 Å². The van der Waals surface area contributed by atoms with Crippen LogP contribution in [0.4, 0.5) is 0 Å². The van der Waals surface area contributed by atoms with Crippen molar-refractivity contribution in [2.45, 2.75) is 64.8 Å². The van der Waals surface area contributed by atoms with Gasteiger partial charge in [-0.25, -0.2) is 0 Å². The van der Waals surface area contributed by atoms with E-state index in [1.54, 1.807) is 0 Å². The molecule has 4 saturated carbocycles. The van der Waals surface area contributed by atoms with E-state index in [9.17, 15) is 14.7 Å². The lowest BCUT2D eigenvalue weighted by molar-refractivity contribution is -0.138. The van der Waals surface area contributed by atoms with Gasteiger partial charge in [0.15, 0.2) is 17.7 Å². The summed E-state index contributed by atoms with van der Waals surface area (Å²) in [7, 11) is 0. The molecule has 1 N–H and O–H groups in total. The maximum Gasteiger partial charge on any atom is 0.190 e. The van der Waals surface area contributed by atoms with E-state index in [2.05, 4.69) is 27.4 Å². The van der Waals surface area contributed by atoms with Crippen LogP contribution in [0.3, 0.4) is 0 Å². The number of carbonyl (C=O) groups excluding carboxylic acids is 2. The first-order valence-corrected chi connectivity index (χ1v) is 9.24. The number of ether oxygens (including phenoxy) is 1. The monoisotopic (exact) mass is 330 g/mol. The molecule has 0 bridgehead atoms. The number of carbonyl (C=O) groups is 2. The summed E-state index contributed by atoms with van der Waals surface area (Å²) in [6.07, 6.45) is 1.17. The lowest BCUT2D eigenvalue weighted by atomic mass is 9.55. The summed E-state index contributed by atoms with van der Waals surface area (Å²) in [5, 5.41) is 11.1. The minimum atomic E-state index is -1.04. The molecule has 4 heteroatoms. The topological polar surface area (TPSA) is 66.9 Å². The van der Waals surface area contributed by atoms with Crippen molar-refractivity contribution >= 4 is 11.6 Å². The third kappa shape index (κ3) is 1.04. The van der Waals surface area contributed by atoms with Gasteiger partial charge in [0.25, 0.3) is 0 Å². The van der Waals surface area contributed by atoms with Crippen LogP contribution in [0, 0.1) is 34.0 Å². The molecule has 4 nitrogen and oxygen atoms in total. The third-order valence-electron chi connectivity index (χ3n) is 9.23. The van der Waals surface area contributed by atoms with Crippen molar-refractivity contribution in [1.82, 2.24) is 0 Å². The van der Waals surface area contributed by atoms with Gasteiger partial charge in [0.1, 0.15) is 11.7 Å². The first kappa shape index (κ1) is 15.3. The molecule has 0 aromatic carbocycles. The average molecular weight is 330 g/mol. The van der Waals surface area contributed by atoms with E-state index in [0.29, 0.717) is 11.5 Å². The number of aliphatic hydroxyl groups excluding tert-OH is 1. The fourth-order valence-corrected chi connectivity index (χ4v) is 8.10. The zero-order chi connectivity index (χ0) is 17.4. The predicted octanol–water partition coefficient (Wildman–Crippen LogP) is 2.29. The highest BCUT2D eigenvalue weighted by molar-refractivity contribution is 6.07. The Labute approximate surface area is 142 Å². The maximum absolute atomic E-state index is 13.3. The van der Waals surface area contributed by atoms with Gasteiger partial charge in [-0.2, -0.15) is 0 Å². The van der Waals surface area contributed by atoms with Crippen LogP contribution in [0.2, 0.25) is 0 Å². The molecule has 130 valence electrons. The predicted molar refractivity (Wildman–Crippen MR) is 87.1 cm³/mol. The van der Waals surface area contributed by atoms with Crippen molar-refractivity contribution in [3.63, 3.8) is 0 Å².